The number of rotatable bonds is 5. The number of hydrogen-bond acceptors (Lipinski definition) is 6. The molecule has 0 saturated heterocycles. The van der Waals surface area contributed by atoms with Crippen molar-refractivity contribution in [2.24, 2.45) is 5.41 Å². The van der Waals surface area contributed by atoms with E-state index in [1.54, 1.807) is 25.1 Å². The molecule has 1 heterocycles. The lowest BCUT2D eigenvalue weighted by Gasteiger charge is -2.07. The molecule has 0 N–H and O–H groups in total. The number of hydrogen-bond donors (Lipinski definition) is 0. The molecule has 1 aliphatic carbocycles. The number of nitrogens with zero attached hydrogens (tertiary/aromatic N) is 1. The highest BCUT2D eigenvalue weighted by molar-refractivity contribution is 7.92. The standard InChI is InChI=1S/C15H17NO5S/c1-3-22(17,18)14-13(15(14,7-16)8-19-2)10-4-5-11-12(6-10)21-9-20-11/h4-6,13-14H,3,8-9H2,1-2H3/t13-,14-,15+/m0/s1. The predicted molar refractivity (Wildman–Crippen MR) is 78.5 cm³/mol. The number of benzene rings is 1. The van der Waals surface area contributed by atoms with Crippen LogP contribution in [0.5, 0.6) is 11.5 Å². The summed E-state index contributed by atoms with van der Waals surface area (Å²) < 4.78 is 40.5. The van der Waals surface area contributed by atoms with Gasteiger partial charge in [0.25, 0.3) is 0 Å². The Balaban J connectivity index is 2.03. The smallest absolute Gasteiger partial charge is 0.231 e. The highest BCUT2D eigenvalue weighted by atomic mass is 32.2. The third-order valence-corrected chi connectivity index (χ3v) is 6.66. The first-order valence-electron chi connectivity index (χ1n) is 7.01. The molecule has 0 aromatic heterocycles. The summed E-state index contributed by atoms with van der Waals surface area (Å²) in [6.07, 6.45) is 0. The number of nitriles is 1. The molecule has 6 nitrogen and oxygen atoms in total. The van der Waals surface area contributed by atoms with Crippen LogP contribution in [0.3, 0.4) is 0 Å². The normalized spacial score (nSPS) is 29.1. The maximum Gasteiger partial charge on any atom is 0.231 e. The largest absolute Gasteiger partial charge is 0.454 e. The summed E-state index contributed by atoms with van der Waals surface area (Å²) in [5, 5.41) is 8.85. The van der Waals surface area contributed by atoms with E-state index in [1.807, 2.05) is 0 Å². The Morgan fingerprint density at radius 2 is 2.14 bits per heavy atom. The summed E-state index contributed by atoms with van der Waals surface area (Å²) >= 11 is 0. The van der Waals surface area contributed by atoms with Crippen LogP contribution in [0.2, 0.25) is 0 Å². The molecule has 22 heavy (non-hydrogen) atoms. The fourth-order valence-electron chi connectivity index (χ4n) is 3.27. The molecule has 2 aliphatic rings. The highest BCUT2D eigenvalue weighted by Gasteiger charge is 2.71. The zero-order valence-electron chi connectivity index (χ0n) is 12.4. The van der Waals surface area contributed by atoms with Gasteiger partial charge in [0.2, 0.25) is 6.79 Å². The van der Waals surface area contributed by atoms with Crippen molar-refractivity contribution in [2.75, 3.05) is 26.3 Å². The number of sulfone groups is 1. The van der Waals surface area contributed by atoms with Gasteiger partial charge in [-0.3, -0.25) is 0 Å². The minimum atomic E-state index is -3.35. The Morgan fingerprint density at radius 1 is 1.41 bits per heavy atom. The van der Waals surface area contributed by atoms with Crippen molar-refractivity contribution in [3.8, 4) is 17.6 Å². The van der Waals surface area contributed by atoms with E-state index < -0.39 is 26.4 Å². The molecule has 0 radical (unpaired) electrons. The molecule has 0 unspecified atom stereocenters. The second kappa shape index (κ2) is 5.14. The molecule has 0 spiro atoms. The minimum Gasteiger partial charge on any atom is -0.454 e. The van der Waals surface area contributed by atoms with Crippen molar-refractivity contribution in [1.82, 2.24) is 0 Å². The summed E-state index contributed by atoms with van der Waals surface area (Å²) in [5.74, 6) is 0.818. The first kappa shape index (κ1) is 15.1. The molecule has 1 fully saturated rings. The lowest BCUT2D eigenvalue weighted by Crippen LogP contribution is -2.20. The Hall–Kier alpha value is -1.78. The van der Waals surface area contributed by atoms with Crippen molar-refractivity contribution >= 4 is 9.84 Å². The molecule has 1 aliphatic heterocycles. The Morgan fingerprint density at radius 3 is 2.77 bits per heavy atom. The van der Waals surface area contributed by atoms with Gasteiger partial charge in [-0.05, 0) is 17.7 Å². The third-order valence-electron chi connectivity index (χ3n) is 4.39. The van der Waals surface area contributed by atoms with Crippen LogP contribution in [0.15, 0.2) is 18.2 Å². The molecule has 1 aromatic carbocycles. The first-order chi connectivity index (χ1) is 10.5. The number of methoxy groups -OCH3 is 1. The van der Waals surface area contributed by atoms with Crippen molar-refractivity contribution < 1.29 is 22.6 Å². The van der Waals surface area contributed by atoms with Crippen LogP contribution in [0.4, 0.5) is 0 Å². The van der Waals surface area contributed by atoms with E-state index in [0.29, 0.717) is 11.5 Å². The van der Waals surface area contributed by atoms with Crippen LogP contribution in [-0.2, 0) is 14.6 Å². The fraction of sp³-hybridized carbons (Fsp3) is 0.533. The zero-order chi connectivity index (χ0) is 16.0. The second-order valence-electron chi connectivity index (χ2n) is 5.55. The maximum atomic E-state index is 12.4. The SMILES string of the molecule is CCS(=O)(=O)[C@H]1[C@H](c2ccc3c(c2)OCO3)[C@@]1(C#N)COC. The molecule has 118 valence electrons. The van der Waals surface area contributed by atoms with Gasteiger partial charge >= 0.3 is 0 Å². The molecule has 3 rings (SSSR count). The van der Waals surface area contributed by atoms with Gasteiger partial charge in [-0.25, -0.2) is 8.42 Å². The molecule has 1 aromatic rings. The van der Waals surface area contributed by atoms with Crippen LogP contribution >= 0.6 is 0 Å². The maximum absolute atomic E-state index is 12.4. The van der Waals surface area contributed by atoms with Gasteiger partial charge in [-0.15, -0.1) is 0 Å². The van der Waals surface area contributed by atoms with E-state index in [2.05, 4.69) is 6.07 Å². The lowest BCUT2D eigenvalue weighted by molar-refractivity contribution is 0.162. The van der Waals surface area contributed by atoms with Gasteiger partial charge in [-0.1, -0.05) is 13.0 Å². The van der Waals surface area contributed by atoms with Crippen LogP contribution in [0.25, 0.3) is 0 Å². The Kier molecular flexibility index (Phi) is 3.54. The van der Waals surface area contributed by atoms with E-state index in [4.69, 9.17) is 14.2 Å². The van der Waals surface area contributed by atoms with Gasteiger partial charge in [0.1, 0.15) is 5.41 Å². The highest BCUT2D eigenvalue weighted by Crippen LogP contribution is 2.63. The Bertz CT molecular complexity index is 739. The van der Waals surface area contributed by atoms with E-state index in [0.717, 1.165) is 5.56 Å². The van der Waals surface area contributed by atoms with Gasteiger partial charge < -0.3 is 14.2 Å². The van der Waals surface area contributed by atoms with Crippen molar-refractivity contribution in [3.05, 3.63) is 23.8 Å². The monoisotopic (exact) mass is 323 g/mol. The number of fused-ring (bicyclic) bond motifs is 1. The summed E-state index contributed by atoms with van der Waals surface area (Å²) in [7, 11) is -1.88. The van der Waals surface area contributed by atoms with Crippen LogP contribution in [0, 0.1) is 16.7 Å². The Labute approximate surface area is 129 Å². The summed E-state index contributed by atoms with van der Waals surface area (Å²) in [4.78, 5) is 0. The minimum absolute atomic E-state index is 0.00582. The second-order valence-corrected chi connectivity index (χ2v) is 7.96. The average Bonchev–Trinajstić information content (AvgIpc) is 2.96. The molecule has 7 heteroatoms. The number of ether oxygens (including phenoxy) is 3. The van der Waals surface area contributed by atoms with Crippen LogP contribution in [0.1, 0.15) is 18.4 Å². The third kappa shape index (κ3) is 2.06. The molecule has 1 saturated carbocycles. The molecule has 0 amide bonds. The van der Waals surface area contributed by atoms with Crippen molar-refractivity contribution in [3.63, 3.8) is 0 Å². The fourth-order valence-corrected chi connectivity index (χ4v) is 5.27. The van der Waals surface area contributed by atoms with Crippen LogP contribution < -0.4 is 9.47 Å². The van der Waals surface area contributed by atoms with Gasteiger partial charge in [0, 0.05) is 18.8 Å². The molecular formula is C15H17NO5S. The quantitative estimate of drug-likeness (QED) is 0.816. The van der Waals surface area contributed by atoms with Gasteiger partial charge in [0.05, 0.1) is 17.9 Å². The van der Waals surface area contributed by atoms with Crippen molar-refractivity contribution in [1.29, 1.82) is 5.26 Å². The molecule has 3 atom stereocenters. The lowest BCUT2D eigenvalue weighted by atomic mass is 10.0. The topological polar surface area (TPSA) is 85.6 Å². The predicted octanol–water partition coefficient (Wildman–Crippen LogP) is 1.47. The van der Waals surface area contributed by atoms with E-state index >= 15 is 0 Å². The van der Waals surface area contributed by atoms with Crippen molar-refractivity contribution in [2.45, 2.75) is 18.1 Å². The molecular weight excluding hydrogens is 306 g/mol. The summed E-state index contributed by atoms with van der Waals surface area (Å²) in [6, 6.07) is 7.50. The zero-order valence-corrected chi connectivity index (χ0v) is 13.2. The summed E-state index contributed by atoms with van der Waals surface area (Å²) in [6.45, 7) is 1.84. The van der Waals surface area contributed by atoms with E-state index in [9.17, 15) is 13.7 Å². The van der Waals surface area contributed by atoms with Crippen LogP contribution in [-0.4, -0.2) is 39.9 Å². The first-order valence-corrected chi connectivity index (χ1v) is 8.73. The van der Waals surface area contributed by atoms with Gasteiger partial charge in [0.15, 0.2) is 21.3 Å². The average molecular weight is 323 g/mol. The van der Waals surface area contributed by atoms with E-state index in [1.165, 1.54) is 7.11 Å². The van der Waals surface area contributed by atoms with Gasteiger partial charge in [-0.2, -0.15) is 5.26 Å². The summed E-state index contributed by atoms with van der Waals surface area (Å²) in [5.41, 5.74) is -0.262. The molecule has 0 bridgehead atoms. The van der Waals surface area contributed by atoms with E-state index in [-0.39, 0.29) is 19.2 Å².